The summed E-state index contributed by atoms with van der Waals surface area (Å²) in [6.45, 7) is -0.165. The summed E-state index contributed by atoms with van der Waals surface area (Å²) in [6.07, 6.45) is 0. The minimum atomic E-state index is -1.67. The molecular formula is C24H21Cl3N2O6S5. The van der Waals surface area contributed by atoms with E-state index in [0.29, 0.717) is 32.7 Å². The minimum Gasteiger partial charge on any atom is -0.392 e. The lowest BCUT2D eigenvalue weighted by molar-refractivity contribution is -0.383. The number of aliphatic hydroxyl groups is 1. The number of benzene rings is 2. The van der Waals surface area contributed by atoms with Crippen LogP contribution in [0.15, 0.2) is 81.2 Å². The third-order valence-electron chi connectivity index (χ3n) is 4.70. The topological polar surface area (TPSA) is 124 Å². The molecule has 0 radical (unpaired) electrons. The highest BCUT2D eigenvalue weighted by atomic mass is 36.0. The van der Waals surface area contributed by atoms with Crippen LogP contribution < -0.4 is 0 Å². The van der Waals surface area contributed by atoms with E-state index in [1.54, 1.807) is 10.8 Å². The van der Waals surface area contributed by atoms with Crippen molar-refractivity contribution >= 4 is 98.4 Å². The Labute approximate surface area is 263 Å². The summed E-state index contributed by atoms with van der Waals surface area (Å²) < 4.78 is 9.09. The smallest absolute Gasteiger partial charge is 0.337 e. The first kappa shape index (κ1) is 34.5. The molecule has 2 aromatic carbocycles. The highest BCUT2D eigenvalue weighted by Gasteiger charge is 2.22. The number of hydrogen-bond acceptors (Lipinski definition) is 10. The van der Waals surface area contributed by atoms with E-state index in [0.717, 1.165) is 39.4 Å². The van der Waals surface area contributed by atoms with Crippen LogP contribution in [-0.2, 0) is 33.2 Å². The molecule has 0 unspecified atom stereocenters. The Morgan fingerprint density at radius 3 is 1.50 bits per heavy atom. The third kappa shape index (κ3) is 11.7. The molecule has 4 aromatic rings. The number of nitro groups is 2. The van der Waals surface area contributed by atoms with E-state index in [2.05, 4.69) is 21.4 Å². The molecule has 4 rings (SSSR count). The van der Waals surface area contributed by atoms with Crippen LogP contribution in [0.3, 0.4) is 0 Å². The Hall–Kier alpha value is -1.68. The molecule has 2 heterocycles. The van der Waals surface area contributed by atoms with E-state index >= 15 is 0 Å². The summed E-state index contributed by atoms with van der Waals surface area (Å²) in [5.74, 6) is 1.68. The molecule has 8 nitrogen and oxygen atoms in total. The fourth-order valence-electron chi connectivity index (χ4n) is 2.96. The number of aliphatic hydroxyl groups excluding tert-OH is 1. The van der Waals surface area contributed by atoms with Crippen molar-refractivity contribution in [3.8, 4) is 0 Å². The largest absolute Gasteiger partial charge is 0.392 e. The van der Waals surface area contributed by atoms with Crippen LogP contribution in [0.25, 0.3) is 0 Å². The highest BCUT2D eigenvalue weighted by Crippen LogP contribution is 2.41. The fraction of sp³-hybridized carbons (Fsp3) is 0.167. The summed E-state index contributed by atoms with van der Waals surface area (Å²) >= 11 is 10.9. The van der Waals surface area contributed by atoms with Crippen molar-refractivity contribution in [2.45, 2.75) is 33.8 Å². The highest BCUT2D eigenvalue weighted by molar-refractivity contribution is 8.26. The molecule has 2 aromatic heterocycles. The van der Waals surface area contributed by atoms with Gasteiger partial charge >= 0.3 is 10.0 Å². The van der Waals surface area contributed by atoms with Gasteiger partial charge in [-0.1, -0.05) is 83.3 Å². The maximum Gasteiger partial charge on any atom is 0.337 e. The first-order valence-electron chi connectivity index (χ1n) is 10.9. The SMILES string of the molecule is O=S(Cl)Cl.O=[N+]([O-])c1scc(CCl)c1SCc1ccccc1.O=[N+]([O-])c1scc(CO)c1SCc1ccccc1. The molecule has 0 saturated heterocycles. The summed E-state index contributed by atoms with van der Waals surface area (Å²) in [7, 11) is 7.36. The van der Waals surface area contributed by atoms with E-state index in [4.69, 9.17) is 15.8 Å². The van der Waals surface area contributed by atoms with Gasteiger partial charge < -0.3 is 5.11 Å². The van der Waals surface area contributed by atoms with Crippen LogP contribution in [-0.4, -0.2) is 19.2 Å². The molecule has 0 atom stereocenters. The molecule has 0 bridgehead atoms. The van der Waals surface area contributed by atoms with Gasteiger partial charge in [-0.15, -0.1) is 35.1 Å². The van der Waals surface area contributed by atoms with Crippen LogP contribution in [0.2, 0.25) is 0 Å². The maximum atomic E-state index is 10.9. The van der Waals surface area contributed by atoms with Crippen LogP contribution in [0.5, 0.6) is 0 Å². The normalized spacial score (nSPS) is 10.3. The lowest BCUT2D eigenvalue weighted by Gasteiger charge is -2.02. The number of alkyl halides is 1. The second-order valence-corrected chi connectivity index (χ2v) is 13.8. The number of thiophene rings is 2. The van der Waals surface area contributed by atoms with Gasteiger partial charge in [-0.3, -0.25) is 20.2 Å². The van der Waals surface area contributed by atoms with Crippen molar-refractivity contribution in [2.24, 2.45) is 0 Å². The van der Waals surface area contributed by atoms with Crippen molar-refractivity contribution in [3.05, 3.63) is 114 Å². The Kier molecular flexibility index (Phi) is 16.1. The van der Waals surface area contributed by atoms with Crippen LogP contribution in [0.1, 0.15) is 22.3 Å². The number of halogens is 3. The molecule has 0 amide bonds. The Morgan fingerprint density at radius 1 is 0.775 bits per heavy atom. The molecule has 214 valence electrons. The minimum absolute atomic E-state index is 0.111. The molecule has 16 heteroatoms. The second-order valence-electron chi connectivity index (χ2n) is 7.33. The van der Waals surface area contributed by atoms with Gasteiger partial charge in [0, 0.05) is 55.1 Å². The van der Waals surface area contributed by atoms with Gasteiger partial charge in [0.05, 0.1) is 16.5 Å². The van der Waals surface area contributed by atoms with Crippen molar-refractivity contribution in [1.82, 2.24) is 0 Å². The summed E-state index contributed by atoms with van der Waals surface area (Å²) in [6, 6.07) is 19.6. The molecule has 40 heavy (non-hydrogen) atoms. The van der Waals surface area contributed by atoms with Gasteiger partial charge in [-0.05, 0) is 16.7 Å². The molecular weight excluding hydrogens is 679 g/mol. The van der Waals surface area contributed by atoms with E-state index in [9.17, 15) is 25.3 Å². The summed E-state index contributed by atoms with van der Waals surface area (Å²) in [5, 5.41) is 34.7. The van der Waals surface area contributed by atoms with E-state index in [1.165, 1.54) is 23.5 Å². The standard InChI is InChI=1S/C12H10ClNO2S2.C12H11NO3S2.Cl2OS/c13-6-10-8-18-12(14(15)16)11(10)17-7-9-4-2-1-3-5-9;14-6-10-8-18-12(13(15)16)11(10)17-7-9-4-2-1-3-5-9;1-4(2)3/h1-5,8H,6-7H2;1-5,8,14H,6-7H2;. The molecule has 0 saturated carbocycles. The third-order valence-corrected chi connectivity index (χ3v) is 9.64. The summed E-state index contributed by atoms with van der Waals surface area (Å²) in [5.41, 5.74) is 3.72. The first-order valence-corrected chi connectivity index (χ1v) is 18.0. The zero-order chi connectivity index (χ0) is 29.5. The quantitative estimate of drug-likeness (QED) is 0.0571. The molecule has 0 aliphatic heterocycles. The molecule has 0 spiro atoms. The van der Waals surface area contributed by atoms with Crippen LogP contribution in [0.4, 0.5) is 10.0 Å². The van der Waals surface area contributed by atoms with Gasteiger partial charge in [-0.2, -0.15) is 0 Å². The number of nitrogens with zero attached hydrogens (tertiary/aromatic N) is 2. The van der Waals surface area contributed by atoms with E-state index < -0.39 is 14.2 Å². The lowest BCUT2D eigenvalue weighted by Crippen LogP contribution is -1.90. The second kappa shape index (κ2) is 18.7. The van der Waals surface area contributed by atoms with Crippen molar-refractivity contribution in [3.63, 3.8) is 0 Å². The van der Waals surface area contributed by atoms with Gasteiger partial charge in [-0.25, -0.2) is 4.21 Å². The zero-order valence-corrected chi connectivity index (χ0v) is 26.7. The molecule has 1 N–H and O–H groups in total. The van der Waals surface area contributed by atoms with Gasteiger partial charge in [0.15, 0.2) is 0 Å². The first-order chi connectivity index (χ1) is 19.2. The lowest BCUT2D eigenvalue weighted by atomic mass is 10.2. The fourth-order valence-corrected chi connectivity index (χ4v) is 7.72. The molecule has 0 fully saturated rings. The maximum absolute atomic E-state index is 10.9. The Bertz CT molecular complexity index is 1290. The molecule has 0 aliphatic rings. The summed E-state index contributed by atoms with van der Waals surface area (Å²) in [4.78, 5) is 22.4. The predicted octanol–water partition coefficient (Wildman–Crippen LogP) is 9.17. The van der Waals surface area contributed by atoms with Crippen molar-refractivity contribution in [1.29, 1.82) is 0 Å². The number of thioether (sulfide) groups is 2. The Balaban J connectivity index is 0.000000247. The number of hydrogen-bond donors (Lipinski definition) is 1. The average molecular weight is 700 g/mol. The molecule has 0 aliphatic carbocycles. The monoisotopic (exact) mass is 698 g/mol. The van der Waals surface area contributed by atoms with E-state index in [1.807, 2.05) is 60.7 Å². The predicted molar refractivity (Wildman–Crippen MR) is 169 cm³/mol. The van der Waals surface area contributed by atoms with Gasteiger partial charge in [0.25, 0.3) is 0 Å². The average Bonchev–Trinajstić information content (AvgIpc) is 3.56. The number of rotatable bonds is 10. The van der Waals surface area contributed by atoms with E-state index in [-0.39, 0.29) is 21.5 Å². The van der Waals surface area contributed by atoms with Gasteiger partial charge in [0.1, 0.15) is 9.79 Å². The van der Waals surface area contributed by atoms with Gasteiger partial charge in [0.2, 0.25) is 9.23 Å². The van der Waals surface area contributed by atoms with Crippen LogP contribution >= 0.6 is 79.2 Å². The van der Waals surface area contributed by atoms with Crippen molar-refractivity contribution in [2.75, 3.05) is 0 Å². The Morgan fingerprint density at radius 2 is 1.15 bits per heavy atom. The van der Waals surface area contributed by atoms with Crippen molar-refractivity contribution < 1.29 is 19.2 Å². The van der Waals surface area contributed by atoms with Crippen LogP contribution in [0, 0.1) is 20.2 Å². The zero-order valence-electron chi connectivity index (χ0n) is 20.3.